The molecule has 2 rings (SSSR count). The van der Waals surface area contributed by atoms with Crippen LogP contribution in [0.1, 0.15) is 22.8 Å². The Morgan fingerprint density at radius 3 is 2.65 bits per heavy atom. The Morgan fingerprint density at radius 1 is 1.31 bits per heavy atom. The zero-order valence-corrected chi connectivity index (χ0v) is 16.3. The lowest BCUT2D eigenvalue weighted by molar-refractivity contribution is -0.0161. The summed E-state index contributed by atoms with van der Waals surface area (Å²) in [6.45, 7) is 6.81. The van der Waals surface area contributed by atoms with Gasteiger partial charge in [-0.25, -0.2) is 4.99 Å². The topological polar surface area (TPSA) is 69.2 Å². The minimum absolute atomic E-state index is 0.00695. The number of guanidine groups is 1. The van der Waals surface area contributed by atoms with Crippen molar-refractivity contribution in [2.45, 2.75) is 19.6 Å². The summed E-state index contributed by atoms with van der Waals surface area (Å²) >= 11 is 0. The lowest BCUT2D eigenvalue weighted by Crippen LogP contribution is -2.48. The third-order valence-electron chi connectivity index (χ3n) is 4.21. The Morgan fingerprint density at radius 2 is 2.04 bits per heavy atom. The third-order valence-corrected chi connectivity index (χ3v) is 4.21. The van der Waals surface area contributed by atoms with Gasteiger partial charge in [-0.1, -0.05) is 12.1 Å². The fraction of sp³-hybridized carbons (Fsp3) is 0.579. The third kappa shape index (κ3) is 6.31. The van der Waals surface area contributed by atoms with Crippen LogP contribution >= 0.6 is 0 Å². The molecular weight excluding hydrogens is 330 g/mol. The number of morpholine rings is 1. The van der Waals surface area contributed by atoms with Crippen LogP contribution in [0, 0.1) is 0 Å². The number of likely N-dealkylation sites (N-methyl/N-ethyl adjacent to an activating group) is 1. The Labute approximate surface area is 156 Å². The van der Waals surface area contributed by atoms with E-state index in [-0.39, 0.29) is 12.0 Å². The monoisotopic (exact) mass is 361 g/mol. The molecule has 1 aromatic carbocycles. The molecule has 1 atom stereocenters. The van der Waals surface area contributed by atoms with E-state index in [0.717, 1.165) is 44.3 Å². The van der Waals surface area contributed by atoms with Crippen molar-refractivity contribution < 1.29 is 9.53 Å². The highest BCUT2D eigenvalue weighted by Crippen LogP contribution is 2.07. The van der Waals surface area contributed by atoms with E-state index in [1.165, 1.54) is 0 Å². The van der Waals surface area contributed by atoms with E-state index in [1.54, 1.807) is 19.0 Å². The average Bonchev–Trinajstić information content (AvgIpc) is 2.64. The number of amides is 1. The highest BCUT2D eigenvalue weighted by Gasteiger charge is 2.17. The zero-order chi connectivity index (χ0) is 18.9. The number of rotatable bonds is 6. The maximum absolute atomic E-state index is 11.9. The molecule has 1 heterocycles. The van der Waals surface area contributed by atoms with Gasteiger partial charge in [0.2, 0.25) is 0 Å². The van der Waals surface area contributed by atoms with E-state index in [2.05, 4.69) is 27.6 Å². The van der Waals surface area contributed by atoms with Crippen LogP contribution in [-0.2, 0) is 11.3 Å². The molecule has 7 nitrogen and oxygen atoms in total. The van der Waals surface area contributed by atoms with Crippen molar-refractivity contribution in [2.75, 3.05) is 53.9 Å². The summed E-state index contributed by atoms with van der Waals surface area (Å²) in [6.07, 6.45) is 0.175. The molecule has 26 heavy (non-hydrogen) atoms. The largest absolute Gasteiger partial charge is 0.374 e. The molecule has 0 saturated carbocycles. The molecule has 1 aliphatic heterocycles. The molecule has 144 valence electrons. The lowest BCUT2D eigenvalue weighted by atomic mass is 10.1. The number of hydrogen-bond acceptors (Lipinski definition) is 4. The molecule has 0 bridgehead atoms. The van der Waals surface area contributed by atoms with Crippen molar-refractivity contribution in [3.63, 3.8) is 0 Å². The number of carbonyl (C=O) groups is 1. The first-order valence-corrected chi connectivity index (χ1v) is 9.12. The van der Waals surface area contributed by atoms with Gasteiger partial charge in [0, 0.05) is 45.8 Å². The Kier molecular flexibility index (Phi) is 7.87. The van der Waals surface area contributed by atoms with E-state index in [1.807, 2.05) is 31.2 Å². The van der Waals surface area contributed by atoms with E-state index in [0.29, 0.717) is 12.1 Å². The van der Waals surface area contributed by atoms with Gasteiger partial charge in [0.05, 0.1) is 19.3 Å². The summed E-state index contributed by atoms with van der Waals surface area (Å²) in [6, 6.07) is 7.59. The zero-order valence-electron chi connectivity index (χ0n) is 16.3. The molecule has 0 radical (unpaired) electrons. The molecule has 1 unspecified atom stereocenters. The molecule has 1 saturated heterocycles. The van der Waals surface area contributed by atoms with Crippen molar-refractivity contribution in [1.29, 1.82) is 0 Å². The summed E-state index contributed by atoms with van der Waals surface area (Å²) in [5.74, 6) is 0.783. The predicted molar refractivity (Wildman–Crippen MR) is 105 cm³/mol. The van der Waals surface area contributed by atoms with Crippen LogP contribution in [0.25, 0.3) is 0 Å². The van der Waals surface area contributed by atoms with Gasteiger partial charge in [-0.3, -0.25) is 4.79 Å². The van der Waals surface area contributed by atoms with E-state index in [4.69, 9.17) is 4.74 Å². The number of nitrogens with zero attached hydrogens (tertiary/aromatic N) is 3. The lowest BCUT2D eigenvalue weighted by Gasteiger charge is -2.30. The molecule has 1 fully saturated rings. The maximum Gasteiger partial charge on any atom is 0.253 e. The Balaban J connectivity index is 1.90. The van der Waals surface area contributed by atoms with Gasteiger partial charge in [0.15, 0.2) is 5.96 Å². The average molecular weight is 361 g/mol. The van der Waals surface area contributed by atoms with Crippen molar-refractivity contribution in [3.05, 3.63) is 35.4 Å². The summed E-state index contributed by atoms with van der Waals surface area (Å²) in [4.78, 5) is 20.4. The second-order valence-electron chi connectivity index (χ2n) is 6.73. The van der Waals surface area contributed by atoms with Crippen LogP contribution in [0.5, 0.6) is 0 Å². The fourth-order valence-corrected chi connectivity index (χ4v) is 2.72. The summed E-state index contributed by atoms with van der Waals surface area (Å²) in [5.41, 5.74) is 1.75. The summed E-state index contributed by atoms with van der Waals surface area (Å²) in [5, 5.41) is 6.61. The molecule has 7 heteroatoms. The van der Waals surface area contributed by atoms with Crippen LogP contribution in [-0.4, -0.2) is 81.7 Å². The number of benzene rings is 1. The van der Waals surface area contributed by atoms with Gasteiger partial charge in [-0.15, -0.1) is 0 Å². The Bertz CT molecular complexity index is 600. The van der Waals surface area contributed by atoms with Gasteiger partial charge < -0.3 is 25.2 Å². The highest BCUT2D eigenvalue weighted by atomic mass is 16.5. The minimum atomic E-state index is 0.00695. The van der Waals surface area contributed by atoms with Gasteiger partial charge in [0.1, 0.15) is 0 Å². The quantitative estimate of drug-likeness (QED) is 0.579. The van der Waals surface area contributed by atoms with Crippen LogP contribution in [0.15, 0.2) is 29.3 Å². The van der Waals surface area contributed by atoms with Gasteiger partial charge in [0.25, 0.3) is 5.91 Å². The number of nitrogens with one attached hydrogen (secondary N) is 2. The van der Waals surface area contributed by atoms with E-state index >= 15 is 0 Å². The predicted octanol–water partition coefficient (Wildman–Crippen LogP) is 0.774. The smallest absolute Gasteiger partial charge is 0.253 e. The standard InChI is InChI=1S/C19H31N5O2/c1-5-20-19(22-13-17-14-24(4)10-11-26-17)21-12-15-6-8-16(9-7-15)18(25)23(2)3/h6-9,17H,5,10-14H2,1-4H3,(H2,20,21,22). The molecule has 2 N–H and O–H groups in total. The molecule has 1 aromatic rings. The molecule has 0 spiro atoms. The van der Waals surface area contributed by atoms with Crippen LogP contribution in [0.2, 0.25) is 0 Å². The van der Waals surface area contributed by atoms with Crippen molar-refractivity contribution in [1.82, 2.24) is 20.4 Å². The molecule has 1 aliphatic rings. The first kappa shape index (κ1) is 20.2. The molecular formula is C19H31N5O2. The summed E-state index contributed by atoms with van der Waals surface area (Å²) < 4.78 is 5.77. The Hall–Kier alpha value is -2.12. The normalized spacial score (nSPS) is 18.5. The maximum atomic E-state index is 11.9. The van der Waals surface area contributed by atoms with Crippen LogP contribution in [0.4, 0.5) is 0 Å². The number of aliphatic imine (C=N–C) groups is 1. The highest BCUT2D eigenvalue weighted by molar-refractivity contribution is 5.93. The molecule has 0 aliphatic carbocycles. The van der Waals surface area contributed by atoms with Gasteiger partial charge in [-0.2, -0.15) is 0 Å². The van der Waals surface area contributed by atoms with Crippen molar-refractivity contribution in [2.24, 2.45) is 4.99 Å². The van der Waals surface area contributed by atoms with Crippen LogP contribution in [0.3, 0.4) is 0 Å². The fourth-order valence-electron chi connectivity index (χ4n) is 2.72. The molecule has 1 amide bonds. The first-order valence-electron chi connectivity index (χ1n) is 9.12. The minimum Gasteiger partial charge on any atom is -0.374 e. The van der Waals surface area contributed by atoms with Gasteiger partial charge >= 0.3 is 0 Å². The number of carbonyl (C=O) groups excluding carboxylic acids is 1. The van der Waals surface area contributed by atoms with E-state index < -0.39 is 0 Å². The number of hydrogen-bond donors (Lipinski definition) is 2. The molecule has 0 aromatic heterocycles. The summed E-state index contributed by atoms with van der Waals surface area (Å²) in [7, 11) is 5.62. The van der Waals surface area contributed by atoms with Crippen molar-refractivity contribution >= 4 is 11.9 Å². The first-order chi connectivity index (χ1) is 12.5. The number of ether oxygens (including phenoxy) is 1. The second-order valence-corrected chi connectivity index (χ2v) is 6.73. The van der Waals surface area contributed by atoms with Gasteiger partial charge in [-0.05, 0) is 31.7 Å². The van der Waals surface area contributed by atoms with Crippen molar-refractivity contribution in [3.8, 4) is 0 Å². The van der Waals surface area contributed by atoms with Crippen LogP contribution < -0.4 is 10.6 Å². The van der Waals surface area contributed by atoms with E-state index in [9.17, 15) is 4.79 Å². The SMILES string of the molecule is CCNC(=NCc1ccc(C(=O)N(C)C)cc1)NCC1CN(C)CCO1. The second kappa shape index (κ2) is 10.1.